The van der Waals surface area contributed by atoms with Crippen LogP contribution >= 0.6 is 0 Å². The molecule has 0 spiro atoms. The molecule has 1 heterocycles. The Labute approximate surface area is 201 Å². The van der Waals surface area contributed by atoms with Gasteiger partial charge >= 0.3 is 0 Å². The van der Waals surface area contributed by atoms with Gasteiger partial charge in [0.15, 0.2) is 23.0 Å². The van der Waals surface area contributed by atoms with Gasteiger partial charge in [-0.05, 0) is 73.6 Å². The Morgan fingerprint density at radius 3 is 2.15 bits per heavy atom. The second kappa shape index (κ2) is 10.7. The van der Waals surface area contributed by atoms with Crippen LogP contribution in [0.1, 0.15) is 49.1 Å². The Kier molecular flexibility index (Phi) is 7.50. The lowest BCUT2D eigenvalue weighted by Gasteiger charge is -2.26. The summed E-state index contributed by atoms with van der Waals surface area (Å²) < 4.78 is 28.1. The van der Waals surface area contributed by atoms with E-state index in [1.165, 1.54) is 12.8 Å². The molecule has 1 aliphatic heterocycles. The van der Waals surface area contributed by atoms with Crippen molar-refractivity contribution in [2.45, 2.75) is 44.1 Å². The molecule has 1 saturated carbocycles. The van der Waals surface area contributed by atoms with Gasteiger partial charge in [-0.2, -0.15) is 0 Å². The summed E-state index contributed by atoms with van der Waals surface area (Å²) in [6.45, 7) is 0.570. The van der Waals surface area contributed by atoms with Gasteiger partial charge in [-0.15, -0.1) is 0 Å². The fourth-order valence-electron chi connectivity index (χ4n) is 4.73. The summed E-state index contributed by atoms with van der Waals surface area (Å²) in [7, 11) is 6.38. The van der Waals surface area contributed by atoms with Crippen molar-refractivity contribution in [3.05, 3.63) is 47.0 Å². The van der Waals surface area contributed by atoms with E-state index in [0.717, 1.165) is 35.5 Å². The van der Waals surface area contributed by atoms with Crippen molar-refractivity contribution in [2.24, 2.45) is 0 Å². The molecule has 1 aliphatic carbocycles. The van der Waals surface area contributed by atoms with Crippen LogP contribution in [0.3, 0.4) is 0 Å². The highest BCUT2D eigenvalue weighted by molar-refractivity contribution is 5.99. The minimum Gasteiger partial charge on any atom is -0.493 e. The molecule has 7 heteroatoms. The molecule has 7 nitrogen and oxygen atoms in total. The van der Waals surface area contributed by atoms with E-state index >= 15 is 0 Å². The number of methoxy groups -OCH3 is 4. The summed E-state index contributed by atoms with van der Waals surface area (Å²) in [5, 5.41) is 3.04. The van der Waals surface area contributed by atoms with Crippen molar-refractivity contribution < 1.29 is 28.5 Å². The van der Waals surface area contributed by atoms with Gasteiger partial charge in [-0.1, -0.05) is 6.07 Å². The standard InChI is InChI=1S/C27H33NO6/c1-30-22-10-9-18(15-23(22)34-21-7-5-6-8-21)20-14-19(27(29)28-16-20)11-17-12-24(31-2)26(33-4)25(13-17)32-3/h9-13,15,20-21H,5-8,14,16H2,1-4H3,(H,28,29)/b19-11+/t20-/m1/s1. The van der Waals surface area contributed by atoms with Crippen LogP contribution in [0.2, 0.25) is 0 Å². The van der Waals surface area contributed by atoms with Crippen molar-refractivity contribution in [1.29, 1.82) is 0 Å². The van der Waals surface area contributed by atoms with Crippen LogP contribution in [0.5, 0.6) is 28.7 Å². The van der Waals surface area contributed by atoms with Crippen LogP contribution in [0, 0.1) is 0 Å². The number of carbonyl (C=O) groups excluding carboxylic acids is 1. The van der Waals surface area contributed by atoms with Crippen molar-refractivity contribution in [1.82, 2.24) is 5.32 Å². The third-order valence-corrected chi connectivity index (χ3v) is 6.55. The molecule has 2 aromatic rings. The number of hydrogen-bond acceptors (Lipinski definition) is 6. The lowest BCUT2D eigenvalue weighted by Crippen LogP contribution is -2.35. The number of benzene rings is 2. The third-order valence-electron chi connectivity index (χ3n) is 6.55. The minimum absolute atomic E-state index is 0.0686. The number of amides is 1. The maximum Gasteiger partial charge on any atom is 0.247 e. The summed E-state index contributed by atoms with van der Waals surface area (Å²) >= 11 is 0. The van der Waals surface area contributed by atoms with Crippen LogP contribution in [0.4, 0.5) is 0 Å². The molecular weight excluding hydrogens is 434 g/mol. The molecule has 0 radical (unpaired) electrons. The Balaban J connectivity index is 1.60. The maximum absolute atomic E-state index is 12.7. The number of carbonyl (C=O) groups is 1. The predicted molar refractivity (Wildman–Crippen MR) is 130 cm³/mol. The van der Waals surface area contributed by atoms with Gasteiger partial charge in [-0.25, -0.2) is 0 Å². The fraction of sp³-hybridized carbons (Fsp3) is 0.444. The maximum atomic E-state index is 12.7. The lowest BCUT2D eigenvalue weighted by atomic mass is 9.87. The fourth-order valence-corrected chi connectivity index (χ4v) is 4.73. The molecule has 1 amide bonds. The van der Waals surface area contributed by atoms with E-state index in [1.54, 1.807) is 28.4 Å². The number of nitrogens with one attached hydrogen (secondary N) is 1. The minimum atomic E-state index is -0.0686. The molecule has 1 saturated heterocycles. The highest BCUT2D eigenvalue weighted by Crippen LogP contribution is 2.40. The molecule has 182 valence electrons. The van der Waals surface area contributed by atoms with E-state index in [0.29, 0.717) is 35.8 Å². The van der Waals surface area contributed by atoms with E-state index in [4.69, 9.17) is 23.7 Å². The van der Waals surface area contributed by atoms with E-state index in [2.05, 4.69) is 17.4 Å². The number of rotatable bonds is 8. The molecule has 1 atom stereocenters. The van der Waals surface area contributed by atoms with Crippen LogP contribution in [0.25, 0.3) is 6.08 Å². The second-order valence-electron chi connectivity index (χ2n) is 8.67. The third kappa shape index (κ3) is 5.08. The van der Waals surface area contributed by atoms with Crippen molar-refractivity contribution in [3.8, 4) is 28.7 Å². The van der Waals surface area contributed by atoms with Gasteiger partial charge in [-0.3, -0.25) is 4.79 Å². The molecule has 0 aromatic heterocycles. The lowest BCUT2D eigenvalue weighted by molar-refractivity contribution is -0.118. The Morgan fingerprint density at radius 1 is 0.853 bits per heavy atom. The van der Waals surface area contributed by atoms with Crippen LogP contribution in [-0.4, -0.2) is 47.0 Å². The zero-order chi connectivity index (χ0) is 24.1. The second-order valence-corrected chi connectivity index (χ2v) is 8.67. The summed E-state index contributed by atoms with van der Waals surface area (Å²) in [6.07, 6.45) is 7.30. The van der Waals surface area contributed by atoms with E-state index in [-0.39, 0.29) is 17.9 Å². The average Bonchev–Trinajstić information content (AvgIpc) is 3.37. The monoisotopic (exact) mass is 467 g/mol. The van der Waals surface area contributed by atoms with Crippen LogP contribution in [-0.2, 0) is 4.79 Å². The zero-order valence-electron chi connectivity index (χ0n) is 20.3. The molecule has 2 fully saturated rings. The van der Waals surface area contributed by atoms with Gasteiger partial charge in [0.25, 0.3) is 0 Å². The number of hydrogen-bond donors (Lipinski definition) is 1. The zero-order valence-corrected chi connectivity index (χ0v) is 20.3. The van der Waals surface area contributed by atoms with E-state index in [1.807, 2.05) is 24.3 Å². The molecule has 4 rings (SSSR count). The molecule has 2 aromatic carbocycles. The normalized spacial score (nSPS) is 19.6. The molecule has 0 unspecified atom stereocenters. The summed E-state index contributed by atoms with van der Waals surface area (Å²) in [5.41, 5.74) is 2.62. The Hall–Kier alpha value is -3.35. The van der Waals surface area contributed by atoms with E-state index in [9.17, 15) is 4.79 Å². The van der Waals surface area contributed by atoms with Crippen molar-refractivity contribution in [2.75, 3.05) is 35.0 Å². The molecule has 1 N–H and O–H groups in total. The predicted octanol–water partition coefficient (Wildman–Crippen LogP) is 4.73. The highest BCUT2D eigenvalue weighted by Gasteiger charge is 2.26. The quantitative estimate of drug-likeness (QED) is 0.566. The molecular formula is C27H33NO6. The summed E-state index contributed by atoms with van der Waals surface area (Å²) in [5.74, 6) is 3.19. The van der Waals surface area contributed by atoms with Crippen molar-refractivity contribution >= 4 is 12.0 Å². The number of ether oxygens (including phenoxy) is 5. The van der Waals surface area contributed by atoms with Crippen LogP contribution < -0.4 is 29.0 Å². The summed E-state index contributed by atoms with van der Waals surface area (Å²) in [4.78, 5) is 12.7. The smallest absolute Gasteiger partial charge is 0.247 e. The average molecular weight is 468 g/mol. The van der Waals surface area contributed by atoms with Gasteiger partial charge in [0.1, 0.15) is 0 Å². The largest absolute Gasteiger partial charge is 0.493 e. The Bertz CT molecular complexity index is 1030. The first-order valence-corrected chi connectivity index (χ1v) is 11.7. The van der Waals surface area contributed by atoms with Crippen molar-refractivity contribution in [3.63, 3.8) is 0 Å². The molecule has 0 bridgehead atoms. The molecule has 2 aliphatic rings. The Morgan fingerprint density at radius 2 is 1.53 bits per heavy atom. The van der Waals surface area contributed by atoms with Gasteiger partial charge in [0, 0.05) is 18.0 Å². The SMILES string of the molecule is COc1ccc([C@H]2CNC(=O)/C(=C/c3cc(OC)c(OC)c(OC)c3)C2)cc1OC1CCCC1. The number of piperidine rings is 1. The topological polar surface area (TPSA) is 75.3 Å². The van der Waals surface area contributed by atoms with Gasteiger partial charge < -0.3 is 29.0 Å². The molecule has 34 heavy (non-hydrogen) atoms. The van der Waals surface area contributed by atoms with Gasteiger partial charge in [0.05, 0.1) is 34.5 Å². The van der Waals surface area contributed by atoms with Crippen LogP contribution in [0.15, 0.2) is 35.9 Å². The first-order valence-electron chi connectivity index (χ1n) is 11.7. The van der Waals surface area contributed by atoms with Gasteiger partial charge in [0.2, 0.25) is 11.7 Å². The van der Waals surface area contributed by atoms with E-state index < -0.39 is 0 Å². The highest BCUT2D eigenvalue weighted by atomic mass is 16.5. The first kappa shape index (κ1) is 23.8. The summed E-state index contributed by atoms with van der Waals surface area (Å²) in [6, 6.07) is 9.76. The first-order chi connectivity index (χ1) is 16.6.